The van der Waals surface area contributed by atoms with Crippen LogP contribution >= 0.6 is 0 Å². The van der Waals surface area contributed by atoms with Crippen LogP contribution < -0.4 is 10.6 Å². The van der Waals surface area contributed by atoms with Crippen molar-refractivity contribution in [2.45, 2.75) is 6.42 Å². The number of hydrogen-bond acceptors (Lipinski definition) is 3. The third kappa shape index (κ3) is 2.58. The molecule has 4 heteroatoms. The zero-order valence-corrected chi connectivity index (χ0v) is 10.1. The quantitative estimate of drug-likeness (QED) is 0.611. The molecule has 0 aliphatic carbocycles. The van der Waals surface area contributed by atoms with E-state index in [-0.39, 0.29) is 5.84 Å². The number of nitrogens with two attached hydrogens (primary N) is 1. The minimum absolute atomic E-state index is 0.135. The Morgan fingerprint density at radius 2 is 2.29 bits per heavy atom. The highest BCUT2D eigenvalue weighted by Gasteiger charge is 2.24. The van der Waals surface area contributed by atoms with Crippen molar-refractivity contribution >= 4 is 11.5 Å². The minimum Gasteiger partial charge on any atom is -0.384 e. The van der Waals surface area contributed by atoms with E-state index in [4.69, 9.17) is 15.9 Å². The molecule has 1 saturated heterocycles. The van der Waals surface area contributed by atoms with E-state index in [0.717, 1.165) is 37.4 Å². The molecule has 0 radical (unpaired) electrons. The molecule has 1 unspecified atom stereocenters. The molecule has 92 valence electrons. The first-order valence-corrected chi connectivity index (χ1v) is 5.89. The van der Waals surface area contributed by atoms with E-state index >= 15 is 0 Å². The molecule has 1 atom stereocenters. The Kier molecular flexibility index (Phi) is 3.64. The number of hydrogen-bond donors (Lipinski definition) is 2. The average Bonchev–Trinajstić information content (AvgIpc) is 2.78. The highest BCUT2D eigenvalue weighted by molar-refractivity contribution is 6.00. The molecule has 1 fully saturated rings. The van der Waals surface area contributed by atoms with Crippen LogP contribution in [0.5, 0.6) is 0 Å². The summed E-state index contributed by atoms with van der Waals surface area (Å²) in [7, 11) is 1.74. The predicted molar refractivity (Wildman–Crippen MR) is 69.7 cm³/mol. The lowest BCUT2D eigenvalue weighted by molar-refractivity contribution is 0.161. The molecule has 17 heavy (non-hydrogen) atoms. The van der Waals surface area contributed by atoms with Gasteiger partial charge in [-0.2, -0.15) is 0 Å². The van der Waals surface area contributed by atoms with Crippen molar-refractivity contribution in [3.63, 3.8) is 0 Å². The minimum atomic E-state index is 0.135. The van der Waals surface area contributed by atoms with E-state index in [1.165, 1.54) is 0 Å². The number of nitrogens with zero attached hydrogens (tertiary/aromatic N) is 1. The second kappa shape index (κ2) is 5.19. The molecule has 1 heterocycles. The van der Waals surface area contributed by atoms with E-state index in [2.05, 4.69) is 4.90 Å². The molecular formula is C13H19N3O. The number of para-hydroxylation sites is 1. The summed E-state index contributed by atoms with van der Waals surface area (Å²) in [5.41, 5.74) is 7.50. The molecule has 0 aromatic heterocycles. The molecule has 1 aliphatic rings. The van der Waals surface area contributed by atoms with Gasteiger partial charge >= 0.3 is 0 Å². The smallest absolute Gasteiger partial charge is 0.124 e. The van der Waals surface area contributed by atoms with Gasteiger partial charge in [-0.1, -0.05) is 12.1 Å². The van der Waals surface area contributed by atoms with Gasteiger partial charge in [-0.3, -0.25) is 5.41 Å². The summed E-state index contributed by atoms with van der Waals surface area (Å²) in [6.07, 6.45) is 1.14. The second-order valence-corrected chi connectivity index (χ2v) is 4.49. The largest absolute Gasteiger partial charge is 0.384 e. The molecule has 4 nitrogen and oxygen atoms in total. The van der Waals surface area contributed by atoms with Crippen molar-refractivity contribution in [2.24, 2.45) is 11.7 Å². The van der Waals surface area contributed by atoms with Crippen LogP contribution in [0.25, 0.3) is 0 Å². The Morgan fingerprint density at radius 1 is 1.53 bits per heavy atom. The number of methoxy groups -OCH3 is 1. The molecule has 1 aromatic rings. The standard InChI is InChI=1S/C13H19N3O/c1-17-9-10-6-7-16(8-10)12-5-3-2-4-11(12)13(14)15/h2-5,10H,6-9H2,1H3,(H3,14,15). The maximum atomic E-state index is 7.60. The zero-order chi connectivity index (χ0) is 12.3. The number of amidine groups is 1. The van der Waals surface area contributed by atoms with E-state index in [0.29, 0.717) is 5.92 Å². The lowest BCUT2D eigenvalue weighted by Gasteiger charge is -2.21. The van der Waals surface area contributed by atoms with Gasteiger partial charge in [-0.25, -0.2) is 0 Å². The third-order valence-electron chi connectivity index (χ3n) is 3.22. The predicted octanol–water partition coefficient (Wildman–Crippen LogP) is 1.44. The van der Waals surface area contributed by atoms with Crippen molar-refractivity contribution in [1.82, 2.24) is 0 Å². The second-order valence-electron chi connectivity index (χ2n) is 4.49. The number of anilines is 1. The maximum absolute atomic E-state index is 7.60. The van der Waals surface area contributed by atoms with Crippen molar-refractivity contribution < 1.29 is 4.74 Å². The molecule has 0 bridgehead atoms. The summed E-state index contributed by atoms with van der Waals surface area (Å²) in [6, 6.07) is 7.85. The van der Waals surface area contributed by atoms with E-state index < -0.39 is 0 Å². The summed E-state index contributed by atoms with van der Waals surface area (Å²) < 4.78 is 5.19. The van der Waals surface area contributed by atoms with Crippen molar-refractivity contribution in [3.05, 3.63) is 29.8 Å². The first-order chi connectivity index (χ1) is 8.22. The molecule has 1 aromatic carbocycles. The van der Waals surface area contributed by atoms with Crippen LogP contribution in [0.15, 0.2) is 24.3 Å². The topological polar surface area (TPSA) is 62.3 Å². The molecule has 2 rings (SSSR count). The van der Waals surface area contributed by atoms with Crippen LogP contribution in [0, 0.1) is 11.3 Å². The van der Waals surface area contributed by atoms with Crippen LogP contribution in [0.4, 0.5) is 5.69 Å². The normalized spacial score (nSPS) is 19.6. The summed E-state index contributed by atoms with van der Waals surface area (Å²) in [4.78, 5) is 2.29. The van der Waals surface area contributed by atoms with E-state index in [1.54, 1.807) is 7.11 Å². The van der Waals surface area contributed by atoms with E-state index in [1.807, 2.05) is 24.3 Å². The lowest BCUT2D eigenvalue weighted by atomic mass is 10.1. The molecular weight excluding hydrogens is 214 g/mol. The summed E-state index contributed by atoms with van der Waals surface area (Å²) >= 11 is 0. The molecule has 0 saturated carbocycles. The summed E-state index contributed by atoms with van der Waals surface area (Å²) in [6.45, 7) is 2.80. The van der Waals surface area contributed by atoms with Gasteiger partial charge in [0.2, 0.25) is 0 Å². The first kappa shape index (κ1) is 11.9. The number of ether oxygens (including phenoxy) is 1. The van der Waals surface area contributed by atoms with Crippen molar-refractivity contribution in [3.8, 4) is 0 Å². The highest BCUT2D eigenvalue weighted by atomic mass is 16.5. The van der Waals surface area contributed by atoms with Gasteiger partial charge in [0.05, 0.1) is 6.61 Å². The van der Waals surface area contributed by atoms with Crippen molar-refractivity contribution in [2.75, 3.05) is 31.7 Å². The third-order valence-corrected chi connectivity index (χ3v) is 3.22. The van der Waals surface area contributed by atoms with Gasteiger partial charge in [0.25, 0.3) is 0 Å². The van der Waals surface area contributed by atoms with Crippen LogP contribution in [0.2, 0.25) is 0 Å². The number of benzene rings is 1. The van der Waals surface area contributed by atoms with Crippen molar-refractivity contribution in [1.29, 1.82) is 5.41 Å². The highest BCUT2D eigenvalue weighted by Crippen LogP contribution is 2.26. The SMILES string of the molecule is COCC1CCN(c2ccccc2C(=N)N)C1. The van der Waals surface area contributed by atoms with E-state index in [9.17, 15) is 0 Å². The van der Waals surface area contributed by atoms with Gasteiger partial charge < -0.3 is 15.4 Å². The number of nitrogens with one attached hydrogen (secondary N) is 1. The fraction of sp³-hybridized carbons (Fsp3) is 0.462. The molecule has 1 aliphatic heterocycles. The van der Waals surface area contributed by atoms with Crippen LogP contribution in [-0.4, -0.2) is 32.6 Å². The number of rotatable bonds is 4. The maximum Gasteiger partial charge on any atom is 0.124 e. The molecule has 3 N–H and O–H groups in total. The Labute approximate surface area is 102 Å². The monoisotopic (exact) mass is 233 g/mol. The lowest BCUT2D eigenvalue weighted by Crippen LogP contribution is -2.24. The van der Waals surface area contributed by atoms with Crippen LogP contribution in [-0.2, 0) is 4.74 Å². The summed E-state index contributed by atoms with van der Waals surface area (Å²) in [5, 5.41) is 7.60. The van der Waals surface area contributed by atoms with Gasteiger partial charge in [0.1, 0.15) is 5.84 Å². The zero-order valence-electron chi connectivity index (χ0n) is 10.1. The van der Waals surface area contributed by atoms with Gasteiger partial charge in [-0.05, 0) is 18.6 Å². The number of nitrogen functional groups attached to an aromatic ring is 1. The van der Waals surface area contributed by atoms with Gasteiger partial charge in [0, 0.05) is 37.4 Å². The fourth-order valence-corrected chi connectivity index (χ4v) is 2.40. The first-order valence-electron chi connectivity index (χ1n) is 5.89. The summed E-state index contributed by atoms with van der Waals surface area (Å²) in [5.74, 6) is 0.718. The fourth-order valence-electron chi connectivity index (χ4n) is 2.40. The molecule has 0 spiro atoms. The average molecular weight is 233 g/mol. The van der Waals surface area contributed by atoms with Crippen LogP contribution in [0.3, 0.4) is 0 Å². The Morgan fingerprint density at radius 3 is 3.00 bits per heavy atom. The Balaban J connectivity index is 2.16. The molecule has 0 amide bonds. The van der Waals surface area contributed by atoms with Gasteiger partial charge in [-0.15, -0.1) is 0 Å². The van der Waals surface area contributed by atoms with Crippen LogP contribution in [0.1, 0.15) is 12.0 Å². The van der Waals surface area contributed by atoms with Gasteiger partial charge in [0.15, 0.2) is 0 Å². The Bertz CT molecular complexity index is 405. The Hall–Kier alpha value is -1.55.